The Morgan fingerprint density at radius 2 is 0.611 bits per heavy atom. The van der Waals surface area contributed by atoms with Crippen molar-refractivity contribution in [3.63, 3.8) is 0 Å². The van der Waals surface area contributed by atoms with E-state index in [4.69, 9.17) is 11.5 Å². The summed E-state index contributed by atoms with van der Waals surface area (Å²) in [6, 6.07) is 0. The van der Waals surface area contributed by atoms with Gasteiger partial charge < -0.3 is 85.7 Å². The van der Waals surface area contributed by atoms with Crippen LogP contribution in [0.15, 0.2) is 0 Å². The number of nitrogens with two attached hydrogens (primary N) is 2. The van der Waals surface area contributed by atoms with E-state index in [9.17, 15) is 0 Å². The van der Waals surface area contributed by atoms with Crippen LogP contribution in [0.3, 0.4) is 0 Å². The molecule has 0 atom stereocenters. The predicted octanol–water partition coefficient (Wildman–Crippen LogP) is -10.9. The van der Waals surface area contributed by atoms with E-state index >= 15 is 0 Å². The fourth-order valence-electron chi connectivity index (χ4n) is 0.642. The van der Waals surface area contributed by atoms with Gasteiger partial charge in [-0.2, -0.15) is 0 Å². The van der Waals surface area contributed by atoms with Crippen LogP contribution in [0.4, 0.5) is 0 Å². The first kappa shape index (κ1) is 87.4. The number of unbranched alkanes of at least 4 members (excludes halogenated alkanes) is 3. The quantitative estimate of drug-likeness (QED) is 0.153. The Labute approximate surface area is 165 Å². The van der Waals surface area contributed by atoms with Crippen molar-refractivity contribution in [3.05, 3.63) is 0 Å². The van der Waals surface area contributed by atoms with Crippen molar-refractivity contribution in [2.75, 3.05) is 13.1 Å². The molecule has 12 heteroatoms. The van der Waals surface area contributed by atoms with Gasteiger partial charge in [-0.05, 0) is 25.9 Å². The third-order valence-electron chi connectivity index (χ3n) is 1.16. The fraction of sp³-hybridized carbons (Fsp3) is 1.00. The van der Waals surface area contributed by atoms with E-state index in [-0.39, 0.29) is 116 Å². The summed E-state index contributed by atoms with van der Waals surface area (Å²) in [7, 11) is 0. The van der Waals surface area contributed by atoms with Crippen molar-refractivity contribution < 1.29 is 91.8 Å². The fourth-order valence-corrected chi connectivity index (χ4v) is 0.642. The second-order valence-electron chi connectivity index (χ2n) is 1.99. The van der Waals surface area contributed by atoms with Gasteiger partial charge in [0, 0.05) is 0 Å². The minimum atomic E-state index is 0. The SMILES string of the molecule is N.N.N.N.NCCCCCCN.[Cl-].[Cl-].[Cl-].[Cl-].[Pt+2].[Pt+2]. The first-order chi connectivity index (χ1) is 3.91. The second kappa shape index (κ2) is 93.8. The molecule has 0 aliphatic heterocycles. The molecule has 6 nitrogen and oxygen atoms in total. The molecule has 130 valence electrons. The molecular formula is C6H28Cl4N6Pt2. The zero-order valence-electron chi connectivity index (χ0n) is 10.4. The summed E-state index contributed by atoms with van der Waals surface area (Å²) >= 11 is 0. The van der Waals surface area contributed by atoms with E-state index < -0.39 is 0 Å². The van der Waals surface area contributed by atoms with Crippen molar-refractivity contribution in [1.82, 2.24) is 24.6 Å². The van der Waals surface area contributed by atoms with Crippen molar-refractivity contribution in [2.24, 2.45) is 11.5 Å². The Morgan fingerprint density at radius 1 is 0.444 bits per heavy atom. The molecule has 0 heterocycles. The molecule has 0 fully saturated rings. The van der Waals surface area contributed by atoms with Gasteiger partial charge in [-0.1, -0.05) is 12.8 Å². The Hall–Kier alpha value is 2.30. The Balaban J connectivity index is -0.00000000544. The van der Waals surface area contributed by atoms with E-state index in [2.05, 4.69) is 0 Å². The molecule has 0 amide bonds. The Morgan fingerprint density at radius 3 is 0.722 bits per heavy atom. The summed E-state index contributed by atoms with van der Waals surface area (Å²) in [5, 5.41) is 0. The summed E-state index contributed by atoms with van der Waals surface area (Å²) in [5.74, 6) is 0. The second-order valence-corrected chi connectivity index (χ2v) is 1.99. The molecule has 0 aliphatic carbocycles. The molecule has 0 saturated carbocycles. The van der Waals surface area contributed by atoms with Gasteiger partial charge in [0.1, 0.15) is 0 Å². The van der Waals surface area contributed by atoms with Gasteiger partial charge in [0.25, 0.3) is 0 Å². The molecule has 0 radical (unpaired) electrons. The molecule has 0 spiro atoms. The van der Waals surface area contributed by atoms with E-state index in [0.717, 1.165) is 25.9 Å². The molecule has 0 bridgehead atoms. The summed E-state index contributed by atoms with van der Waals surface area (Å²) in [6.45, 7) is 1.65. The van der Waals surface area contributed by atoms with Gasteiger partial charge in [0.05, 0.1) is 0 Å². The third kappa shape index (κ3) is 103. The van der Waals surface area contributed by atoms with Crippen LogP contribution in [-0.4, -0.2) is 13.1 Å². The molecule has 0 aromatic heterocycles. The largest absolute Gasteiger partial charge is 2.00 e. The van der Waals surface area contributed by atoms with Crippen LogP contribution in [0.1, 0.15) is 25.7 Å². The van der Waals surface area contributed by atoms with Crippen LogP contribution in [0.5, 0.6) is 0 Å². The van der Waals surface area contributed by atoms with Crippen molar-refractivity contribution >= 4 is 0 Å². The summed E-state index contributed by atoms with van der Waals surface area (Å²) in [6.07, 6.45) is 4.79. The molecule has 0 aromatic carbocycles. The molecule has 18 heavy (non-hydrogen) atoms. The van der Waals surface area contributed by atoms with E-state index in [0.29, 0.717) is 0 Å². The van der Waals surface area contributed by atoms with Crippen LogP contribution in [-0.2, 0) is 42.1 Å². The van der Waals surface area contributed by atoms with E-state index in [1.807, 2.05) is 0 Å². The number of hydrogen-bond acceptors (Lipinski definition) is 6. The molecule has 0 aliphatic rings. The zero-order chi connectivity index (χ0) is 6.24. The van der Waals surface area contributed by atoms with Crippen LogP contribution >= 0.6 is 0 Å². The molecule has 0 rings (SSSR count). The van der Waals surface area contributed by atoms with Gasteiger partial charge in [0.15, 0.2) is 0 Å². The van der Waals surface area contributed by atoms with Gasteiger partial charge in [-0.25, -0.2) is 0 Å². The molecular weight excluding hydrogens is 688 g/mol. The van der Waals surface area contributed by atoms with Crippen molar-refractivity contribution in [3.8, 4) is 0 Å². The maximum atomic E-state index is 5.28. The number of hydrogen-bond donors (Lipinski definition) is 6. The van der Waals surface area contributed by atoms with E-state index in [1.165, 1.54) is 12.8 Å². The first-order valence-electron chi connectivity index (χ1n) is 3.32. The van der Waals surface area contributed by atoms with Gasteiger partial charge in [-0.3, -0.25) is 0 Å². The maximum absolute atomic E-state index is 5.28. The molecule has 0 unspecified atom stereocenters. The molecule has 0 aromatic rings. The topological polar surface area (TPSA) is 192 Å². The standard InChI is InChI=1S/C6H16N2.4ClH.4H3N.2Pt/c7-5-3-1-2-4-6-8;;;;;;;;;;/h1-8H2;4*1H;4*1H3;;/q;;;;;;;;;2*+2/p-4. The number of halogens is 4. The van der Waals surface area contributed by atoms with Crippen LogP contribution < -0.4 is 85.7 Å². The van der Waals surface area contributed by atoms with Crippen molar-refractivity contribution in [1.29, 1.82) is 0 Å². The minimum Gasteiger partial charge on any atom is -1.00 e. The first-order valence-corrected chi connectivity index (χ1v) is 3.32. The zero-order valence-corrected chi connectivity index (χ0v) is 17.9. The number of rotatable bonds is 5. The van der Waals surface area contributed by atoms with Crippen LogP contribution in [0.2, 0.25) is 0 Å². The van der Waals surface area contributed by atoms with Gasteiger partial charge in [0.2, 0.25) is 0 Å². The Kier molecular flexibility index (Phi) is 456. The third-order valence-corrected chi connectivity index (χ3v) is 1.16. The summed E-state index contributed by atoms with van der Waals surface area (Å²) in [5.41, 5.74) is 10.6. The van der Waals surface area contributed by atoms with Crippen LogP contribution in [0.25, 0.3) is 0 Å². The van der Waals surface area contributed by atoms with Gasteiger partial charge in [-0.15, -0.1) is 0 Å². The average molecular weight is 716 g/mol. The van der Waals surface area contributed by atoms with Crippen LogP contribution in [0, 0.1) is 0 Å². The van der Waals surface area contributed by atoms with Crippen molar-refractivity contribution in [2.45, 2.75) is 25.7 Å². The smallest absolute Gasteiger partial charge is 1.00 e. The minimum absolute atomic E-state index is 0. The molecule has 16 N–H and O–H groups in total. The predicted molar refractivity (Wildman–Crippen MR) is 56.7 cm³/mol. The summed E-state index contributed by atoms with van der Waals surface area (Å²) < 4.78 is 0. The summed E-state index contributed by atoms with van der Waals surface area (Å²) in [4.78, 5) is 0. The van der Waals surface area contributed by atoms with Gasteiger partial charge >= 0.3 is 42.1 Å². The molecule has 0 saturated heterocycles. The van der Waals surface area contributed by atoms with E-state index in [1.54, 1.807) is 0 Å². The normalized spacial score (nSPS) is 4.33. The maximum Gasteiger partial charge on any atom is 2.00 e. The average Bonchev–Trinajstić information content (AvgIpc) is 1.81. The Bertz CT molecular complexity index is 59.1. The monoisotopic (exact) mass is 714 g/mol.